The van der Waals surface area contributed by atoms with Crippen molar-refractivity contribution < 1.29 is 14.6 Å². The largest absolute Gasteiger partial charge is 0.502 e. The number of hydrogen-bond acceptors (Lipinski definition) is 3. The Hall–Kier alpha value is -1.25. The third kappa shape index (κ3) is 3.72. The van der Waals surface area contributed by atoms with Gasteiger partial charge in [-0.15, -0.1) is 6.58 Å². The van der Waals surface area contributed by atoms with Crippen molar-refractivity contribution in [2.24, 2.45) is 0 Å². The fourth-order valence-electron chi connectivity index (χ4n) is 0.318. The van der Waals surface area contributed by atoms with E-state index in [2.05, 4.69) is 17.9 Å². The zero-order valence-corrected chi connectivity index (χ0v) is 5.67. The van der Waals surface area contributed by atoms with Gasteiger partial charge < -0.3 is 9.84 Å². The highest BCUT2D eigenvalue weighted by atomic mass is 16.5. The molecule has 0 saturated heterocycles. The molecule has 0 unspecified atom stereocenters. The van der Waals surface area contributed by atoms with Gasteiger partial charge in [-0.3, -0.25) is 0 Å². The van der Waals surface area contributed by atoms with Gasteiger partial charge in [-0.25, -0.2) is 4.79 Å². The van der Waals surface area contributed by atoms with Crippen LogP contribution >= 0.6 is 0 Å². The minimum absolute atomic E-state index is 0.238. The number of carbonyl (C=O) groups excluding carboxylic acids is 1. The molecule has 0 rings (SSSR count). The van der Waals surface area contributed by atoms with E-state index < -0.39 is 11.7 Å². The molecule has 0 radical (unpaired) electrons. The van der Waals surface area contributed by atoms with Gasteiger partial charge in [-0.05, 0) is 13.0 Å². The average molecular weight is 142 g/mol. The van der Waals surface area contributed by atoms with Crippen LogP contribution in [0, 0.1) is 0 Å². The molecule has 56 valence electrons. The third-order valence-electron chi connectivity index (χ3n) is 0.791. The lowest BCUT2D eigenvalue weighted by molar-refractivity contribution is -0.141. The van der Waals surface area contributed by atoms with E-state index in [4.69, 9.17) is 5.11 Å². The van der Waals surface area contributed by atoms with Crippen molar-refractivity contribution in [1.29, 1.82) is 0 Å². The second-order valence-electron chi connectivity index (χ2n) is 1.66. The number of aliphatic hydroxyl groups excluding tert-OH is 1. The maximum atomic E-state index is 10.4. The molecule has 0 aromatic carbocycles. The molecule has 0 aliphatic rings. The van der Waals surface area contributed by atoms with Gasteiger partial charge in [0, 0.05) is 0 Å². The normalized spacial score (nSPS) is 8.40. The van der Waals surface area contributed by atoms with E-state index >= 15 is 0 Å². The minimum atomic E-state index is -0.776. The second-order valence-corrected chi connectivity index (χ2v) is 1.66. The first-order chi connectivity index (χ1) is 4.68. The van der Waals surface area contributed by atoms with Crippen LogP contribution in [0.1, 0.15) is 6.42 Å². The average Bonchev–Trinajstić information content (AvgIpc) is 1.88. The van der Waals surface area contributed by atoms with Crippen LogP contribution in [0.5, 0.6) is 0 Å². The lowest BCUT2D eigenvalue weighted by Gasteiger charge is -1.99. The number of ether oxygens (including phenoxy) is 1. The molecule has 0 bridgehead atoms. The summed E-state index contributed by atoms with van der Waals surface area (Å²) in [4.78, 5) is 10.4. The van der Waals surface area contributed by atoms with Crippen molar-refractivity contribution >= 4 is 5.97 Å². The van der Waals surface area contributed by atoms with E-state index in [0.29, 0.717) is 6.42 Å². The molecule has 0 amide bonds. The molecule has 10 heavy (non-hydrogen) atoms. The van der Waals surface area contributed by atoms with Crippen molar-refractivity contribution in [1.82, 2.24) is 0 Å². The van der Waals surface area contributed by atoms with Gasteiger partial charge in [0.1, 0.15) is 0 Å². The molecule has 3 nitrogen and oxygen atoms in total. The quantitative estimate of drug-likeness (QED) is 0.211. The predicted molar refractivity (Wildman–Crippen MR) is 37.5 cm³/mol. The monoisotopic (exact) mass is 142 g/mol. The van der Waals surface area contributed by atoms with Gasteiger partial charge in [0.15, 0.2) is 5.76 Å². The van der Waals surface area contributed by atoms with Crippen molar-refractivity contribution in [2.75, 3.05) is 6.61 Å². The summed E-state index contributed by atoms with van der Waals surface area (Å²) in [5.41, 5.74) is 0. The van der Waals surface area contributed by atoms with Crippen LogP contribution in [0.4, 0.5) is 0 Å². The summed E-state index contributed by atoms with van der Waals surface area (Å²) in [5.74, 6) is -1.34. The Bertz CT molecular complexity index is 149. The smallest absolute Gasteiger partial charge is 0.372 e. The fraction of sp³-hybridized carbons (Fsp3) is 0.286. The van der Waals surface area contributed by atoms with E-state index in [1.54, 1.807) is 6.08 Å². The Morgan fingerprint density at radius 1 is 1.70 bits per heavy atom. The molecule has 3 heteroatoms. The van der Waals surface area contributed by atoms with E-state index in [9.17, 15) is 4.79 Å². The minimum Gasteiger partial charge on any atom is -0.502 e. The number of rotatable bonds is 4. The lowest BCUT2D eigenvalue weighted by atomic mass is 10.4. The fourth-order valence-corrected chi connectivity index (χ4v) is 0.318. The summed E-state index contributed by atoms with van der Waals surface area (Å²) in [6.07, 6.45) is 2.20. The van der Waals surface area contributed by atoms with Crippen molar-refractivity contribution in [2.45, 2.75) is 6.42 Å². The zero-order chi connectivity index (χ0) is 7.98. The van der Waals surface area contributed by atoms with Crippen LogP contribution in [0.2, 0.25) is 0 Å². The molecule has 0 aromatic heterocycles. The van der Waals surface area contributed by atoms with E-state index in [1.807, 2.05) is 0 Å². The van der Waals surface area contributed by atoms with Gasteiger partial charge in [0.25, 0.3) is 0 Å². The molecule has 0 saturated carbocycles. The van der Waals surface area contributed by atoms with Crippen LogP contribution in [-0.2, 0) is 9.53 Å². The molecule has 0 aromatic rings. The third-order valence-corrected chi connectivity index (χ3v) is 0.791. The topological polar surface area (TPSA) is 46.5 Å². The lowest BCUT2D eigenvalue weighted by Crippen LogP contribution is -2.06. The van der Waals surface area contributed by atoms with Crippen molar-refractivity contribution in [3.63, 3.8) is 0 Å². The van der Waals surface area contributed by atoms with E-state index in [-0.39, 0.29) is 6.61 Å². The number of esters is 1. The molecule has 0 aliphatic heterocycles. The Morgan fingerprint density at radius 2 is 2.30 bits per heavy atom. The van der Waals surface area contributed by atoms with Crippen LogP contribution in [0.25, 0.3) is 0 Å². The summed E-state index contributed by atoms with van der Waals surface area (Å²) in [7, 11) is 0. The summed E-state index contributed by atoms with van der Waals surface area (Å²) < 4.78 is 4.48. The van der Waals surface area contributed by atoms with Gasteiger partial charge in [-0.1, -0.05) is 6.08 Å². The SMILES string of the molecule is C=CCCOC(=O)C(=C)O. The van der Waals surface area contributed by atoms with Crippen molar-refractivity contribution in [3.8, 4) is 0 Å². The van der Waals surface area contributed by atoms with Crippen LogP contribution in [0.3, 0.4) is 0 Å². The van der Waals surface area contributed by atoms with Crippen LogP contribution < -0.4 is 0 Å². The molecule has 0 aliphatic carbocycles. The number of carbonyl (C=O) groups is 1. The molecule has 0 atom stereocenters. The number of hydrogen-bond donors (Lipinski definition) is 1. The molecule has 0 spiro atoms. The molecule has 0 heterocycles. The van der Waals surface area contributed by atoms with E-state index in [1.165, 1.54) is 0 Å². The predicted octanol–water partition coefficient (Wildman–Crippen LogP) is 1.18. The molecule has 0 fully saturated rings. The summed E-state index contributed by atoms with van der Waals surface area (Å²) in [6, 6.07) is 0. The first-order valence-corrected chi connectivity index (χ1v) is 2.84. The van der Waals surface area contributed by atoms with Gasteiger partial charge in [0.2, 0.25) is 0 Å². The highest BCUT2D eigenvalue weighted by Crippen LogP contribution is 1.90. The van der Waals surface area contributed by atoms with Gasteiger partial charge in [-0.2, -0.15) is 0 Å². The molecular formula is C7H10O3. The van der Waals surface area contributed by atoms with Gasteiger partial charge in [0.05, 0.1) is 6.61 Å². The first kappa shape index (κ1) is 8.75. The summed E-state index contributed by atoms with van der Waals surface area (Å²) in [6.45, 7) is 6.65. The standard InChI is InChI=1S/C7H10O3/c1-3-4-5-10-7(9)6(2)8/h3,8H,1-2,4-5H2. The van der Waals surface area contributed by atoms with Crippen LogP contribution in [-0.4, -0.2) is 17.7 Å². The Labute approximate surface area is 59.6 Å². The van der Waals surface area contributed by atoms with Gasteiger partial charge >= 0.3 is 5.97 Å². The Morgan fingerprint density at radius 3 is 2.70 bits per heavy atom. The van der Waals surface area contributed by atoms with Crippen molar-refractivity contribution in [3.05, 3.63) is 25.0 Å². The second kappa shape index (κ2) is 4.61. The summed E-state index contributed by atoms with van der Waals surface area (Å²) in [5, 5.41) is 8.43. The highest BCUT2D eigenvalue weighted by molar-refractivity contribution is 5.84. The number of aliphatic hydroxyl groups is 1. The highest BCUT2D eigenvalue weighted by Gasteiger charge is 2.03. The zero-order valence-electron chi connectivity index (χ0n) is 5.67. The Kier molecular flexibility index (Phi) is 4.04. The van der Waals surface area contributed by atoms with E-state index in [0.717, 1.165) is 0 Å². The molecule has 1 N–H and O–H groups in total. The maximum Gasteiger partial charge on any atom is 0.372 e. The Balaban J connectivity index is 3.40. The maximum absolute atomic E-state index is 10.4. The first-order valence-electron chi connectivity index (χ1n) is 2.84. The van der Waals surface area contributed by atoms with Crippen LogP contribution in [0.15, 0.2) is 25.0 Å². The summed E-state index contributed by atoms with van der Waals surface area (Å²) >= 11 is 0. The molecular weight excluding hydrogens is 132 g/mol.